The molecule has 1 atom stereocenters. The number of rotatable bonds is 6. The van der Waals surface area contributed by atoms with Crippen molar-refractivity contribution in [2.75, 3.05) is 7.11 Å². The first-order valence-corrected chi connectivity index (χ1v) is 6.60. The molecule has 0 saturated heterocycles. The van der Waals surface area contributed by atoms with Gasteiger partial charge in [0.25, 0.3) is 0 Å². The van der Waals surface area contributed by atoms with Crippen molar-refractivity contribution in [1.82, 2.24) is 10.1 Å². The van der Waals surface area contributed by atoms with Crippen LogP contribution in [0.3, 0.4) is 0 Å². The van der Waals surface area contributed by atoms with Crippen molar-refractivity contribution in [2.24, 2.45) is 0 Å². The third kappa shape index (κ3) is 3.04. The summed E-state index contributed by atoms with van der Waals surface area (Å²) in [4.78, 5) is 15.8. The van der Waals surface area contributed by atoms with Gasteiger partial charge in [0.1, 0.15) is 11.5 Å². The fourth-order valence-electron chi connectivity index (χ4n) is 2.14. The molecule has 0 spiro atoms. The molecule has 0 aliphatic carbocycles. The Hall–Kier alpha value is -2.17. The molecule has 0 N–H and O–H groups in total. The minimum Gasteiger partial charge on any atom is -0.496 e. The van der Waals surface area contributed by atoms with Crippen LogP contribution in [0.5, 0.6) is 5.75 Å². The van der Waals surface area contributed by atoms with Crippen LogP contribution in [0.25, 0.3) is 0 Å². The lowest BCUT2D eigenvalue weighted by atomic mass is 10.0. The second-order valence-electron chi connectivity index (χ2n) is 4.61. The van der Waals surface area contributed by atoms with Gasteiger partial charge in [-0.25, -0.2) is 0 Å². The van der Waals surface area contributed by atoms with Crippen LogP contribution in [-0.2, 0) is 11.2 Å². The predicted molar refractivity (Wildman–Crippen MR) is 73.8 cm³/mol. The number of methoxy groups -OCH3 is 1. The summed E-state index contributed by atoms with van der Waals surface area (Å²) < 4.78 is 10.5. The lowest BCUT2D eigenvalue weighted by Crippen LogP contribution is -2.08. The van der Waals surface area contributed by atoms with Crippen molar-refractivity contribution in [3.63, 3.8) is 0 Å². The highest BCUT2D eigenvalue weighted by molar-refractivity contribution is 5.82. The van der Waals surface area contributed by atoms with Crippen molar-refractivity contribution in [3.8, 4) is 5.75 Å². The number of ether oxygens (including phenoxy) is 1. The van der Waals surface area contributed by atoms with Gasteiger partial charge in [0, 0.05) is 12.0 Å². The third-order valence-corrected chi connectivity index (χ3v) is 3.22. The average molecular weight is 274 g/mol. The monoisotopic (exact) mass is 274 g/mol. The van der Waals surface area contributed by atoms with Gasteiger partial charge >= 0.3 is 0 Å². The molecule has 0 fully saturated rings. The Balaban J connectivity index is 2.19. The number of benzene rings is 1. The highest BCUT2D eigenvalue weighted by Gasteiger charge is 2.21. The Labute approximate surface area is 118 Å². The smallest absolute Gasteiger partial charge is 0.237 e. The summed E-state index contributed by atoms with van der Waals surface area (Å²) in [7, 11) is 1.63. The molecule has 1 unspecified atom stereocenters. The zero-order valence-electron chi connectivity index (χ0n) is 11.9. The minimum absolute atomic E-state index is 0.0417. The van der Waals surface area contributed by atoms with Crippen molar-refractivity contribution >= 4 is 5.78 Å². The van der Waals surface area contributed by atoms with Crippen LogP contribution in [0.2, 0.25) is 0 Å². The van der Waals surface area contributed by atoms with Gasteiger partial charge in [-0.2, -0.15) is 4.98 Å². The van der Waals surface area contributed by atoms with Gasteiger partial charge in [-0.05, 0) is 19.4 Å². The second-order valence-corrected chi connectivity index (χ2v) is 4.61. The summed E-state index contributed by atoms with van der Waals surface area (Å²) in [6.07, 6.45) is 1.17. The van der Waals surface area contributed by atoms with Gasteiger partial charge in [0.2, 0.25) is 5.89 Å². The molecule has 5 heteroatoms. The van der Waals surface area contributed by atoms with Gasteiger partial charge in [0.15, 0.2) is 5.82 Å². The molecule has 0 amide bonds. The first-order chi connectivity index (χ1) is 9.65. The number of hydrogen-bond acceptors (Lipinski definition) is 5. The van der Waals surface area contributed by atoms with E-state index in [0.29, 0.717) is 24.6 Å². The zero-order chi connectivity index (χ0) is 14.5. The van der Waals surface area contributed by atoms with Gasteiger partial charge in [0.05, 0.1) is 13.0 Å². The maximum atomic E-state index is 11.5. The SMILES string of the molecule is CCC(C(C)=O)c1nc(Cc2ccccc2OC)no1. The van der Waals surface area contributed by atoms with Gasteiger partial charge < -0.3 is 9.26 Å². The van der Waals surface area contributed by atoms with Crippen LogP contribution >= 0.6 is 0 Å². The van der Waals surface area contributed by atoms with E-state index in [2.05, 4.69) is 10.1 Å². The molecular weight excluding hydrogens is 256 g/mol. The van der Waals surface area contributed by atoms with E-state index in [1.807, 2.05) is 31.2 Å². The maximum Gasteiger partial charge on any atom is 0.237 e. The Kier molecular flexibility index (Phi) is 4.50. The predicted octanol–water partition coefficient (Wildman–Crippen LogP) is 2.75. The van der Waals surface area contributed by atoms with E-state index < -0.39 is 0 Å². The Morgan fingerprint density at radius 3 is 2.80 bits per heavy atom. The summed E-state index contributed by atoms with van der Waals surface area (Å²) in [5.41, 5.74) is 0.984. The molecule has 0 aliphatic rings. The number of ketones is 1. The van der Waals surface area contributed by atoms with Crippen LogP contribution in [-0.4, -0.2) is 23.0 Å². The number of carbonyl (C=O) groups is 1. The third-order valence-electron chi connectivity index (χ3n) is 3.22. The number of hydrogen-bond donors (Lipinski definition) is 0. The van der Waals surface area contributed by atoms with Crippen molar-refractivity contribution in [3.05, 3.63) is 41.5 Å². The first-order valence-electron chi connectivity index (χ1n) is 6.60. The molecular formula is C15H18N2O3. The first kappa shape index (κ1) is 14.2. The van der Waals surface area contributed by atoms with E-state index in [9.17, 15) is 4.79 Å². The van der Waals surface area contributed by atoms with Crippen LogP contribution in [0.15, 0.2) is 28.8 Å². The molecule has 5 nitrogen and oxygen atoms in total. The van der Waals surface area contributed by atoms with E-state index in [1.54, 1.807) is 7.11 Å². The molecule has 2 aromatic rings. The lowest BCUT2D eigenvalue weighted by molar-refractivity contribution is -0.119. The van der Waals surface area contributed by atoms with Gasteiger partial charge in [-0.15, -0.1) is 0 Å². The standard InChI is InChI=1S/C15H18N2O3/c1-4-12(10(2)18)15-16-14(17-20-15)9-11-7-5-6-8-13(11)19-3/h5-8,12H,4,9H2,1-3H3. The van der Waals surface area contributed by atoms with Crippen LogP contribution in [0.4, 0.5) is 0 Å². The topological polar surface area (TPSA) is 65.2 Å². The minimum atomic E-state index is -0.311. The van der Waals surface area contributed by atoms with Crippen molar-refractivity contribution in [2.45, 2.75) is 32.6 Å². The molecule has 20 heavy (non-hydrogen) atoms. The van der Waals surface area contributed by atoms with E-state index in [0.717, 1.165) is 11.3 Å². The van der Waals surface area contributed by atoms with Crippen LogP contribution in [0, 0.1) is 0 Å². The molecule has 1 aromatic carbocycles. The molecule has 1 heterocycles. The number of Topliss-reactive ketones (excluding diaryl/α,β-unsaturated/α-hetero) is 1. The number of carbonyl (C=O) groups excluding carboxylic acids is 1. The van der Waals surface area contributed by atoms with E-state index >= 15 is 0 Å². The van der Waals surface area contributed by atoms with Gasteiger partial charge in [-0.3, -0.25) is 4.79 Å². The molecule has 0 radical (unpaired) electrons. The highest BCUT2D eigenvalue weighted by Crippen LogP contribution is 2.22. The summed E-state index contributed by atoms with van der Waals surface area (Å²) in [5, 5.41) is 3.94. The summed E-state index contributed by atoms with van der Waals surface area (Å²) in [5.74, 6) is 1.47. The van der Waals surface area contributed by atoms with E-state index in [-0.39, 0.29) is 11.7 Å². The maximum absolute atomic E-state index is 11.5. The zero-order valence-corrected chi connectivity index (χ0v) is 11.9. The van der Waals surface area contributed by atoms with Crippen LogP contribution < -0.4 is 4.74 Å². The normalized spacial score (nSPS) is 12.2. The average Bonchev–Trinajstić information content (AvgIpc) is 2.88. The molecule has 1 aromatic heterocycles. The summed E-state index contributed by atoms with van der Waals surface area (Å²) in [6.45, 7) is 3.47. The van der Waals surface area contributed by atoms with Crippen molar-refractivity contribution in [1.29, 1.82) is 0 Å². The quantitative estimate of drug-likeness (QED) is 0.810. The molecule has 2 rings (SSSR count). The van der Waals surface area contributed by atoms with E-state index in [1.165, 1.54) is 6.92 Å². The largest absolute Gasteiger partial charge is 0.496 e. The number of aromatic nitrogens is 2. The summed E-state index contributed by atoms with van der Waals surface area (Å²) in [6, 6.07) is 7.69. The van der Waals surface area contributed by atoms with Gasteiger partial charge in [-0.1, -0.05) is 30.3 Å². The lowest BCUT2D eigenvalue weighted by Gasteiger charge is -2.05. The molecule has 0 saturated carbocycles. The number of para-hydroxylation sites is 1. The fourth-order valence-corrected chi connectivity index (χ4v) is 2.14. The van der Waals surface area contributed by atoms with Crippen molar-refractivity contribution < 1.29 is 14.1 Å². The molecule has 0 aliphatic heterocycles. The highest BCUT2D eigenvalue weighted by atomic mass is 16.5. The Morgan fingerprint density at radius 2 is 2.15 bits per heavy atom. The second kappa shape index (κ2) is 6.32. The Morgan fingerprint density at radius 1 is 1.40 bits per heavy atom. The van der Waals surface area contributed by atoms with Crippen LogP contribution in [0.1, 0.15) is 43.5 Å². The van der Waals surface area contributed by atoms with E-state index in [4.69, 9.17) is 9.26 Å². The summed E-state index contributed by atoms with van der Waals surface area (Å²) >= 11 is 0. The molecule has 0 bridgehead atoms. The number of nitrogens with zero attached hydrogens (tertiary/aromatic N) is 2. The molecule has 106 valence electrons. The Bertz CT molecular complexity index is 592. The fraction of sp³-hybridized carbons (Fsp3) is 0.400.